The summed E-state index contributed by atoms with van der Waals surface area (Å²) in [6.45, 7) is 2.09. The number of rotatable bonds is 6. The monoisotopic (exact) mass is 373 g/mol. The number of hydrogen-bond donors (Lipinski definition) is 2. The van der Waals surface area contributed by atoms with Crippen molar-refractivity contribution < 1.29 is 9.53 Å². The number of amides is 1. The molecule has 0 fully saturated rings. The molecule has 3 aromatic rings. The molecule has 0 saturated heterocycles. The van der Waals surface area contributed by atoms with Crippen molar-refractivity contribution in [1.29, 1.82) is 5.26 Å². The summed E-state index contributed by atoms with van der Waals surface area (Å²) in [5.74, 6) is 0.635. The van der Waals surface area contributed by atoms with E-state index in [2.05, 4.69) is 26.7 Å². The molecular formula is C21H19N5O2. The second kappa shape index (κ2) is 8.64. The third kappa shape index (κ3) is 4.43. The van der Waals surface area contributed by atoms with Gasteiger partial charge in [-0.1, -0.05) is 30.3 Å². The van der Waals surface area contributed by atoms with Gasteiger partial charge in [0.2, 0.25) is 5.95 Å². The van der Waals surface area contributed by atoms with Crippen LogP contribution in [0.4, 0.5) is 11.6 Å². The minimum Gasteiger partial charge on any atom is -0.496 e. The molecule has 140 valence electrons. The van der Waals surface area contributed by atoms with Crippen molar-refractivity contribution in [1.82, 2.24) is 15.3 Å². The van der Waals surface area contributed by atoms with Crippen LogP contribution in [0.3, 0.4) is 0 Å². The number of ether oxygens (including phenoxy) is 1. The van der Waals surface area contributed by atoms with E-state index in [1.165, 1.54) is 0 Å². The highest BCUT2D eigenvalue weighted by atomic mass is 16.5. The lowest BCUT2D eigenvalue weighted by atomic mass is 10.2. The number of aryl methyl sites for hydroxylation is 1. The first-order chi connectivity index (χ1) is 13.6. The summed E-state index contributed by atoms with van der Waals surface area (Å²) in [6, 6.07) is 18.2. The number of hydrogen-bond acceptors (Lipinski definition) is 6. The lowest BCUT2D eigenvalue weighted by molar-refractivity contribution is 0.0945. The largest absolute Gasteiger partial charge is 0.496 e. The lowest BCUT2D eigenvalue weighted by Gasteiger charge is -2.11. The Balaban J connectivity index is 1.77. The van der Waals surface area contributed by atoms with Crippen LogP contribution in [0.15, 0.2) is 54.6 Å². The molecule has 0 aliphatic carbocycles. The summed E-state index contributed by atoms with van der Waals surface area (Å²) < 4.78 is 5.30. The maximum Gasteiger partial charge on any atom is 0.270 e. The molecule has 2 aromatic carbocycles. The van der Waals surface area contributed by atoms with E-state index in [1.54, 1.807) is 44.4 Å². The molecule has 0 saturated carbocycles. The number of benzene rings is 2. The van der Waals surface area contributed by atoms with Crippen molar-refractivity contribution in [3.05, 3.63) is 77.1 Å². The number of nitrogens with one attached hydrogen (secondary N) is 2. The third-order valence-corrected chi connectivity index (χ3v) is 4.01. The maximum absolute atomic E-state index is 12.6. The number of nitrogens with zero attached hydrogens (tertiary/aromatic N) is 3. The molecule has 28 heavy (non-hydrogen) atoms. The summed E-state index contributed by atoms with van der Waals surface area (Å²) in [5.41, 5.74) is 2.78. The van der Waals surface area contributed by atoms with Crippen molar-refractivity contribution in [2.24, 2.45) is 0 Å². The molecule has 0 spiro atoms. The van der Waals surface area contributed by atoms with E-state index < -0.39 is 0 Å². The van der Waals surface area contributed by atoms with Gasteiger partial charge in [0.05, 0.1) is 18.4 Å². The van der Waals surface area contributed by atoms with Gasteiger partial charge in [-0.3, -0.25) is 4.79 Å². The minimum atomic E-state index is -0.326. The average Bonchev–Trinajstić information content (AvgIpc) is 2.72. The molecule has 0 unspecified atom stereocenters. The van der Waals surface area contributed by atoms with Crippen molar-refractivity contribution in [2.75, 3.05) is 12.4 Å². The topological polar surface area (TPSA) is 99.9 Å². The molecule has 0 aliphatic heterocycles. The van der Waals surface area contributed by atoms with Gasteiger partial charge >= 0.3 is 0 Å². The summed E-state index contributed by atoms with van der Waals surface area (Å²) in [5, 5.41) is 15.1. The minimum absolute atomic E-state index is 0.235. The molecule has 7 heteroatoms. The van der Waals surface area contributed by atoms with Crippen LogP contribution in [0, 0.1) is 18.3 Å². The van der Waals surface area contributed by atoms with Crippen molar-refractivity contribution in [3.63, 3.8) is 0 Å². The second-order valence-corrected chi connectivity index (χ2v) is 6.00. The van der Waals surface area contributed by atoms with Gasteiger partial charge in [0, 0.05) is 17.8 Å². The predicted molar refractivity (Wildman–Crippen MR) is 105 cm³/mol. The number of para-hydroxylation sites is 2. The van der Waals surface area contributed by atoms with Gasteiger partial charge in [-0.05, 0) is 31.2 Å². The highest BCUT2D eigenvalue weighted by molar-refractivity contribution is 5.92. The fourth-order valence-corrected chi connectivity index (χ4v) is 2.67. The van der Waals surface area contributed by atoms with E-state index in [1.807, 2.05) is 24.3 Å². The molecule has 0 bridgehead atoms. The Kier molecular flexibility index (Phi) is 5.82. The second-order valence-electron chi connectivity index (χ2n) is 6.00. The van der Waals surface area contributed by atoms with Gasteiger partial charge < -0.3 is 15.4 Å². The fourth-order valence-electron chi connectivity index (χ4n) is 2.67. The van der Waals surface area contributed by atoms with Crippen molar-refractivity contribution in [2.45, 2.75) is 13.5 Å². The van der Waals surface area contributed by atoms with Crippen LogP contribution in [0.1, 0.15) is 27.3 Å². The van der Waals surface area contributed by atoms with Gasteiger partial charge in [-0.2, -0.15) is 5.26 Å². The van der Waals surface area contributed by atoms with Crippen LogP contribution in [0.2, 0.25) is 0 Å². The van der Waals surface area contributed by atoms with E-state index in [4.69, 9.17) is 4.74 Å². The Hall–Kier alpha value is -3.92. The van der Waals surface area contributed by atoms with E-state index in [9.17, 15) is 10.1 Å². The zero-order valence-electron chi connectivity index (χ0n) is 15.6. The van der Waals surface area contributed by atoms with E-state index in [0.29, 0.717) is 29.2 Å². The normalized spacial score (nSPS) is 10.0. The molecular weight excluding hydrogens is 354 g/mol. The quantitative estimate of drug-likeness (QED) is 0.687. The Labute approximate surface area is 163 Å². The van der Waals surface area contributed by atoms with E-state index in [-0.39, 0.29) is 17.5 Å². The molecule has 1 amide bonds. The number of anilines is 2. The number of aromatic nitrogens is 2. The Morgan fingerprint density at radius 3 is 2.68 bits per heavy atom. The first kappa shape index (κ1) is 18.9. The number of carbonyl (C=O) groups is 1. The molecule has 0 radical (unpaired) electrons. The van der Waals surface area contributed by atoms with Crippen molar-refractivity contribution >= 4 is 17.5 Å². The third-order valence-electron chi connectivity index (χ3n) is 4.01. The Morgan fingerprint density at radius 2 is 1.89 bits per heavy atom. The highest BCUT2D eigenvalue weighted by Crippen LogP contribution is 2.19. The number of methoxy groups -OCH3 is 1. The molecule has 7 nitrogen and oxygen atoms in total. The van der Waals surface area contributed by atoms with Gasteiger partial charge in [0.15, 0.2) is 0 Å². The molecule has 1 aromatic heterocycles. The number of nitriles is 1. The smallest absolute Gasteiger partial charge is 0.270 e. The van der Waals surface area contributed by atoms with Crippen LogP contribution < -0.4 is 15.4 Å². The Morgan fingerprint density at radius 1 is 1.14 bits per heavy atom. The van der Waals surface area contributed by atoms with Gasteiger partial charge in [-0.25, -0.2) is 9.97 Å². The zero-order chi connectivity index (χ0) is 19.9. The highest BCUT2D eigenvalue weighted by Gasteiger charge is 2.12. The Bertz CT molecular complexity index is 1040. The first-order valence-electron chi connectivity index (χ1n) is 8.62. The SMILES string of the molecule is COc1ccccc1CNC(=O)c1cc(C)nc(Nc2ccccc2C#N)n1. The zero-order valence-corrected chi connectivity index (χ0v) is 15.6. The lowest BCUT2D eigenvalue weighted by Crippen LogP contribution is -2.24. The fraction of sp³-hybridized carbons (Fsp3) is 0.143. The molecule has 1 heterocycles. The molecule has 0 atom stereocenters. The number of carbonyl (C=O) groups excluding carboxylic acids is 1. The molecule has 2 N–H and O–H groups in total. The van der Waals surface area contributed by atoms with Gasteiger partial charge in [-0.15, -0.1) is 0 Å². The summed E-state index contributed by atoms with van der Waals surface area (Å²) in [6.07, 6.45) is 0. The van der Waals surface area contributed by atoms with Crippen LogP contribution >= 0.6 is 0 Å². The molecule has 0 aliphatic rings. The van der Waals surface area contributed by atoms with E-state index in [0.717, 1.165) is 5.56 Å². The summed E-state index contributed by atoms with van der Waals surface area (Å²) >= 11 is 0. The van der Waals surface area contributed by atoms with Crippen LogP contribution in [-0.2, 0) is 6.54 Å². The van der Waals surface area contributed by atoms with Crippen LogP contribution in [-0.4, -0.2) is 23.0 Å². The first-order valence-corrected chi connectivity index (χ1v) is 8.62. The maximum atomic E-state index is 12.6. The predicted octanol–water partition coefficient (Wildman–Crippen LogP) is 3.34. The van der Waals surface area contributed by atoms with Gasteiger partial charge in [0.1, 0.15) is 17.5 Å². The van der Waals surface area contributed by atoms with Crippen molar-refractivity contribution in [3.8, 4) is 11.8 Å². The summed E-state index contributed by atoms with van der Waals surface area (Å²) in [7, 11) is 1.59. The van der Waals surface area contributed by atoms with Gasteiger partial charge in [0.25, 0.3) is 5.91 Å². The average molecular weight is 373 g/mol. The molecule has 3 rings (SSSR count). The standard InChI is InChI=1S/C21H19N5O2/c1-14-11-18(20(27)23-13-16-8-4-6-10-19(16)28-2)26-21(24-14)25-17-9-5-3-7-15(17)12-22/h3-11H,13H2,1-2H3,(H,23,27)(H,24,25,26). The van der Waals surface area contributed by atoms with E-state index >= 15 is 0 Å². The van der Waals surface area contributed by atoms with Crippen LogP contribution in [0.25, 0.3) is 0 Å². The van der Waals surface area contributed by atoms with Crippen LogP contribution in [0.5, 0.6) is 5.75 Å². The summed E-state index contributed by atoms with van der Waals surface area (Å²) in [4.78, 5) is 21.2.